The molecule has 0 fully saturated rings. The van der Waals surface area contributed by atoms with Gasteiger partial charge < -0.3 is 11.1 Å². The van der Waals surface area contributed by atoms with Crippen LogP contribution in [0.1, 0.15) is 10.4 Å². The predicted molar refractivity (Wildman–Crippen MR) is 75.8 cm³/mol. The molecule has 1 heterocycles. The lowest BCUT2D eigenvalue weighted by molar-refractivity contribution is 0.102. The van der Waals surface area contributed by atoms with Gasteiger partial charge in [-0.15, -0.1) is 0 Å². The fraction of sp³-hybridized carbons (Fsp3) is 0. The zero-order valence-corrected chi connectivity index (χ0v) is 11.5. The maximum Gasteiger partial charge on any atom is 0.259 e. The second-order valence-electron chi connectivity index (χ2n) is 3.55. The van der Waals surface area contributed by atoms with Crippen molar-refractivity contribution in [3.8, 4) is 0 Å². The molecule has 0 saturated carbocycles. The van der Waals surface area contributed by atoms with Crippen molar-refractivity contribution in [2.75, 3.05) is 11.1 Å². The highest BCUT2D eigenvalue weighted by Crippen LogP contribution is 2.26. The number of carbonyl (C=O) groups excluding carboxylic acids is 1. The molecule has 0 bridgehead atoms. The molecule has 0 aliphatic carbocycles. The molecule has 1 aromatic heterocycles. The highest BCUT2D eigenvalue weighted by Gasteiger charge is 2.10. The van der Waals surface area contributed by atoms with E-state index in [-0.39, 0.29) is 5.91 Å². The first kappa shape index (κ1) is 12.9. The molecule has 2 rings (SSSR count). The van der Waals surface area contributed by atoms with Crippen molar-refractivity contribution in [1.82, 2.24) is 4.98 Å². The van der Waals surface area contributed by atoms with Crippen molar-refractivity contribution in [2.24, 2.45) is 0 Å². The molecular weight excluding hydrogens is 318 g/mol. The number of anilines is 2. The lowest BCUT2D eigenvalue weighted by Gasteiger charge is -2.07. The third-order valence-electron chi connectivity index (χ3n) is 2.28. The van der Waals surface area contributed by atoms with Gasteiger partial charge in [-0.2, -0.15) is 0 Å². The van der Waals surface area contributed by atoms with E-state index in [0.717, 1.165) is 0 Å². The van der Waals surface area contributed by atoms with Crippen LogP contribution < -0.4 is 11.1 Å². The van der Waals surface area contributed by atoms with E-state index in [1.165, 1.54) is 12.4 Å². The van der Waals surface area contributed by atoms with Crippen LogP contribution in [0.5, 0.6) is 0 Å². The van der Waals surface area contributed by atoms with E-state index in [1.54, 1.807) is 24.3 Å². The fourth-order valence-corrected chi connectivity index (χ4v) is 1.86. The van der Waals surface area contributed by atoms with E-state index >= 15 is 0 Å². The Hall–Kier alpha value is -1.59. The molecule has 2 aromatic rings. The number of hydrogen-bond acceptors (Lipinski definition) is 3. The number of nitrogens with two attached hydrogens (primary N) is 1. The van der Waals surface area contributed by atoms with Gasteiger partial charge in [0.25, 0.3) is 5.91 Å². The molecule has 18 heavy (non-hydrogen) atoms. The first-order valence-electron chi connectivity index (χ1n) is 5.04. The number of aromatic nitrogens is 1. The van der Waals surface area contributed by atoms with Crippen LogP contribution in [0.4, 0.5) is 11.4 Å². The number of nitrogens with zero attached hydrogens (tertiary/aromatic N) is 1. The molecule has 1 amide bonds. The van der Waals surface area contributed by atoms with Gasteiger partial charge in [0.1, 0.15) is 0 Å². The SMILES string of the molecule is Nc1ccncc1C(=O)Nc1ccc(Cl)c(Br)c1. The van der Waals surface area contributed by atoms with Crippen LogP contribution in [-0.2, 0) is 0 Å². The van der Waals surface area contributed by atoms with Gasteiger partial charge in [-0.25, -0.2) is 0 Å². The summed E-state index contributed by atoms with van der Waals surface area (Å²) in [5.41, 5.74) is 7.04. The van der Waals surface area contributed by atoms with Gasteiger partial charge in [0, 0.05) is 28.2 Å². The average Bonchev–Trinajstić information content (AvgIpc) is 2.34. The molecular formula is C12H9BrClN3O. The quantitative estimate of drug-likeness (QED) is 0.889. The monoisotopic (exact) mass is 325 g/mol. The molecule has 3 N–H and O–H groups in total. The second-order valence-corrected chi connectivity index (χ2v) is 4.81. The lowest BCUT2D eigenvalue weighted by Crippen LogP contribution is -2.14. The number of benzene rings is 1. The fourth-order valence-electron chi connectivity index (χ4n) is 1.37. The molecule has 0 aliphatic heterocycles. The van der Waals surface area contributed by atoms with Crippen molar-refractivity contribution in [1.29, 1.82) is 0 Å². The van der Waals surface area contributed by atoms with Gasteiger partial charge >= 0.3 is 0 Å². The minimum atomic E-state index is -0.310. The minimum Gasteiger partial charge on any atom is -0.398 e. The molecule has 0 atom stereocenters. The van der Waals surface area contributed by atoms with E-state index in [2.05, 4.69) is 26.2 Å². The lowest BCUT2D eigenvalue weighted by atomic mass is 10.2. The highest BCUT2D eigenvalue weighted by molar-refractivity contribution is 9.10. The maximum absolute atomic E-state index is 12.0. The summed E-state index contributed by atoms with van der Waals surface area (Å²) >= 11 is 9.16. The number of amides is 1. The van der Waals surface area contributed by atoms with Crippen LogP contribution >= 0.6 is 27.5 Å². The number of hydrogen-bond donors (Lipinski definition) is 2. The van der Waals surface area contributed by atoms with Crippen molar-refractivity contribution >= 4 is 44.8 Å². The summed E-state index contributed by atoms with van der Waals surface area (Å²) in [4.78, 5) is 15.8. The van der Waals surface area contributed by atoms with Gasteiger partial charge in [0.05, 0.1) is 10.6 Å². The van der Waals surface area contributed by atoms with Gasteiger partial charge in [0.15, 0.2) is 0 Å². The summed E-state index contributed by atoms with van der Waals surface area (Å²) in [5, 5.41) is 3.30. The molecule has 0 spiro atoms. The van der Waals surface area contributed by atoms with E-state index in [9.17, 15) is 4.79 Å². The number of nitrogen functional groups attached to an aromatic ring is 1. The summed E-state index contributed by atoms with van der Waals surface area (Å²) in [7, 11) is 0. The Morgan fingerprint density at radius 3 is 2.83 bits per heavy atom. The zero-order chi connectivity index (χ0) is 13.1. The first-order valence-corrected chi connectivity index (χ1v) is 6.21. The Labute approximate surface area is 117 Å². The molecule has 0 unspecified atom stereocenters. The van der Waals surface area contributed by atoms with Crippen molar-refractivity contribution < 1.29 is 4.79 Å². The smallest absolute Gasteiger partial charge is 0.259 e. The van der Waals surface area contributed by atoms with Crippen molar-refractivity contribution in [3.05, 3.63) is 51.7 Å². The Balaban J connectivity index is 2.22. The second kappa shape index (κ2) is 5.37. The Bertz CT molecular complexity index is 604. The molecule has 4 nitrogen and oxygen atoms in total. The Kier molecular flexibility index (Phi) is 3.84. The summed E-state index contributed by atoms with van der Waals surface area (Å²) in [5.74, 6) is -0.310. The largest absolute Gasteiger partial charge is 0.398 e. The number of nitrogens with one attached hydrogen (secondary N) is 1. The zero-order valence-electron chi connectivity index (χ0n) is 9.15. The van der Waals surface area contributed by atoms with Crippen LogP contribution in [0.25, 0.3) is 0 Å². The van der Waals surface area contributed by atoms with E-state index in [0.29, 0.717) is 26.4 Å². The molecule has 1 aromatic carbocycles. The van der Waals surface area contributed by atoms with Crippen LogP contribution in [0.2, 0.25) is 5.02 Å². The number of carbonyl (C=O) groups is 1. The van der Waals surface area contributed by atoms with Crippen LogP contribution in [-0.4, -0.2) is 10.9 Å². The van der Waals surface area contributed by atoms with E-state index < -0.39 is 0 Å². The maximum atomic E-state index is 12.0. The van der Waals surface area contributed by atoms with Crippen molar-refractivity contribution in [3.63, 3.8) is 0 Å². The third kappa shape index (κ3) is 2.80. The topological polar surface area (TPSA) is 68.0 Å². The van der Waals surface area contributed by atoms with Gasteiger partial charge in [-0.1, -0.05) is 11.6 Å². The number of pyridine rings is 1. The van der Waals surface area contributed by atoms with Crippen molar-refractivity contribution in [2.45, 2.75) is 0 Å². The molecule has 0 radical (unpaired) electrons. The summed E-state index contributed by atoms with van der Waals surface area (Å²) in [6.07, 6.45) is 2.96. The number of halogens is 2. The van der Waals surface area contributed by atoms with Gasteiger partial charge in [-0.05, 0) is 40.2 Å². The average molecular weight is 327 g/mol. The summed E-state index contributed by atoms with van der Waals surface area (Å²) in [6, 6.07) is 6.69. The third-order valence-corrected chi connectivity index (χ3v) is 3.49. The molecule has 6 heteroatoms. The molecule has 0 aliphatic rings. The highest BCUT2D eigenvalue weighted by atomic mass is 79.9. The predicted octanol–water partition coefficient (Wildman–Crippen LogP) is 3.33. The van der Waals surface area contributed by atoms with Gasteiger partial charge in [0.2, 0.25) is 0 Å². The normalized spacial score (nSPS) is 10.1. The van der Waals surface area contributed by atoms with Crippen LogP contribution in [0, 0.1) is 0 Å². The van der Waals surface area contributed by atoms with Crippen LogP contribution in [0.3, 0.4) is 0 Å². The van der Waals surface area contributed by atoms with Gasteiger partial charge in [-0.3, -0.25) is 9.78 Å². The molecule has 0 saturated heterocycles. The molecule has 92 valence electrons. The number of rotatable bonds is 2. The Morgan fingerprint density at radius 2 is 2.17 bits per heavy atom. The Morgan fingerprint density at radius 1 is 1.39 bits per heavy atom. The summed E-state index contributed by atoms with van der Waals surface area (Å²) < 4.78 is 0.709. The van der Waals surface area contributed by atoms with E-state index in [1.807, 2.05) is 0 Å². The van der Waals surface area contributed by atoms with Crippen LogP contribution in [0.15, 0.2) is 41.1 Å². The minimum absolute atomic E-state index is 0.310. The first-order chi connectivity index (χ1) is 8.58. The summed E-state index contributed by atoms with van der Waals surface area (Å²) in [6.45, 7) is 0. The standard InChI is InChI=1S/C12H9BrClN3O/c13-9-5-7(1-2-10(9)14)17-12(18)8-6-16-4-3-11(8)15/h1-6H,(H2,15,16)(H,17,18). The van der Waals surface area contributed by atoms with E-state index in [4.69, 9.17) is 17.3 Å².